The summed E-state index contributed by atoms with van der Waals surface area (Å²) in [6.07, 6.45) is 1.19. The normalized spacial score (nSPS) is 9.91. The van der Waals surface area contributed by atoms with E-state index < -0.39 is 5.97 Å². The van der Waals surface area contributed by atoms with E-state index in [4.69, 9.17) is 5.11 Å². The number of imidazole rings is 1. The van der Waals surface area contributed by atoms with Crippen LogP contribution < -0.4 is 5.69 Å². The van der Waals surface area contributed by atoms with Crippen LogP contribution in [-0.4, -0.2) is 20.6 Å². The molecule has 0 atom stereocenters. The molecular weight excluding hydrogens is 148 g/mol. The van der Waals surface area contributed by atoms with Crippen LogP contribution in [-0.2, 0) is 6.54 Å². The molecule has 60 valence electrons. The van der Waals surface area contributed by atoms with Gasteiger partial charge in [-0.05, 0) is 6.92 Å². The third-order valence-corrected chi connectivity index (χ3v) is 1.40. The molecule has 1 heterocycles. The first-order chi connectivity index (χ1) is 5.16. The molecule has 0 aliphatic rings. The largest absolute Gasteiger partial charge is 0.477 e. The number of carboxylic acid groups (broad SMARTS) is 1. The van der Waals surface area contributed by atoms with E-state index in [1.54, 1.807) is 6.92 Å². The molecule has 0 unspecified atom stereocenters. The molecule has 2 N–H and O–H groups in total. The highest BCUT2D eigenvalue weighted by atomic mass is 16.4. The number of aromatic carboxylic acids is 1. The summed E-state index contributed by atoms with van der Waals surface area (Å²) < 4.78 is 1.16. The predicted molar refractivity (Wildman–Crippen MR) is 37.7 cm³/mol. The summed E-state index contributed by atoms with van der Waals surface area (Å²) in [6.45, 7) is 2.08. The summed E-state index contributed by atoms with van der Waals surface area (Å²) in [5.41, 5.74) is -0.387. The number of nitrogens with one attached hydrogen (secondary N) is 1. The maximum Gasteiger partial charge on any atom is 0.354 e. The summed E-state index contributed by atoms with van der Waals surface area (Å²) in [4.78, 5) is 23.5. The minimum atomic E-state index is -1.09. The van der Waals surface area contributed by atoms with Crippen molar-refractivity contribution in [3.63, 3.8) is 0 Å². The Balaban J connectivity index is 3.27. The van der Waals surface area contributed by atoms with Gasteiger partial charge in [-0.3, -0.25) is 4.57 Å². The van der Waals surface area contributed by atoms with Gasteiger partial charge in [0.15, 0.2) is 0 Å². The van der Waals surface area contributed by atoms with Crippen LogP contribution >= 0.6 is 0 Å². The number of hydrogen-bond acceptors (Lipinski definition) is 2. The smallest absolute Gasteiger partial charge is 0.354 e. The highest BCUT2D eigenvalue weighted by Crippen LogP contribution is 1.93. The minimum Gasteiger partial charge on any atom is -0.477 e. The van der Waals surface area contributed by atoms with Crippen LogP contribution in [0, 0.1) is 0 Å². The van der Waals surface area contributed by atoms with Gasteiger partial charge < -0.3 is 10.1 Å². The first-order valence-corrected chi connectivity index (χ1v) is 3.18. The van der Waals surface area contributed by atoms with Gasteiger partial charge >= 0.3 is 11.7 Å². The number of hydrogen-bond donors (Lipinski definition) is 2. The SMILES string of the molecule is CCn1c(C(=O)O)c[nH]c1=O. The molecule has 0 amide bonds. The summed E-state index contributed by atoms with van der Waals surface area (Å²) in [7, 11) is 0. The molecule has 5 heteroatoms. The summed E-state index contributed by atoms with van der Waals surface area (Å²) in [6, 6.07) is 0. The lowest BCUT2D eigenvalue weighted by Crippen LogP contribution is -2.19. The maximum atomic E-state index is 10.8. The number of H-pyrrole nitrogens is 1. The number of carboxylic acids is 1. The first kappa shape index (κ1) is 7.59. The second-order valence-corrected chi connectivity index (χ2v) is 2.03. The van der Waals surface area contributed by atoms with Gasteiger partial charge in [-0.2, -0.15) is 0 Å². The van der Waals surface area contributed by atoms with E-state index >= 15 is 0 Å². The van der Waals surface area contributed by atoms with Gasteiger partial charge in [0.2, 0.25) is 0 Å². The molecule has 0 saturated heterocycles. The zero-order chi connectivity index (χ0) is 8.43. The van der Waals surface area contributed by atoms with Crippen molar-refractivity contribution in [1.82, 2.24) is 9.55 Å². The topological polar surface area (TPSA) is 75.1 Å². The number of aromatic nitrogens is 2. The van der Waals surface area contributed by atoms with Crippen molar-refractivity contribution < 1.29 is 9.90 Å². The Morgan fingerprint density at radius 3 is 2.82 bits per heavy atom. The Bertz CT molecular complexity index is 323. The first-order valence-electron chi connectivity index (χ1n) is 3.18. The highest BCUT2D eigenvalue weighted by Gasteiger charge is 2.10. The van der Waals surface area contributed by atoms with Crippen molar-refractivity contribution in [2.45, 2.75) is 13.5 Å². The number of aromatic amines is 1. The van der Waals surface area contributed by atoms with E-state index in [0.717, 1.165) is 4.57 Å². The van der Waals surface area contributed by atoms with E-state index in [2.05, 4.69) is 4.98 Å². The van der Waals surface area contributed by atoms with Crippen LogP contribution in [0.1, 0.15) is 17.4 Å². The van der Waals surface area contributed by atoms with Crippen LogP contribution in [0.5, 0.6) is 0 Å². The second-order valence-electron chi connectivity index (χ2n) is 2.03. The van der Waals surface area contributed by atoms with Crippen LogP contribution in [0.4, 0.5) is 0 Å². The van der Waals surface area contributed by atoms with Crippen LogP contribution in [0.25, 0.3) is 0 Å². The van der Waals surface area contributed by atoms with Crippen molar-refractivity contribution >= 4 is 5.97 Å². The molecule has 0 radical (unpaired) electrons. The predicted octanol–water partition coefficient (Wildman–Crippen LogP) is -0.105. The van der Waals surface area contributed by atoms with Crippen molar-refractivity contribution in [3.05, 3.63) is 22.4 Å². The molecule has 1 aromatic heterocycles. The van der Waals surface area contributed by atoms with E-state index in [9.17, 15) is 9.59 Å². The molecule has 0 aromatic carbocycles. The Morgan fingerprint density at radius 2 is 2.45 bits per heavy atom. The summed E-state index contributed by atoms with van der Waals surface area (Å²) >= 11 is 0. The maximum absolute atomic E-state index is 10.8. The highest BCUT2D eigenvalue weighted by molar-refractivity contribution is 5.85. The minimum absolute atomic E-state index is 0.00231. The molecular formula is C6H8N2O3. The molecule has 0 fully saturated rings. The molecule has 1 aromatic rings. The van der Waals surface area contributed by atoms with E-state index in [1.807, 2.05) is 0 Å². The fraction of sp³-hybridized carbons (Fsp3) is 0.333. The fourth-order valence-corrected chi connectivity index (χ4v) is 0.886. The fourth-order valence-electron chi connectivity index (χ4n) is 0.886. The molecule has 0 aliphatic heterocycles. The van der Waals surface area contributed by atoms with Crippen molar-refractivity contribution in [1.29, 1.82) is 0 Å². The van der Waals surface area contributed by atoms with E-state index in [0.29, 0.717) is 6.54 Å². The van der Waals surface area contributed by atoms with Crippen LogP contribution in [0.15, 0.2) is 11.0 Å². The summed E-state index contributed by atoms with van der Waals surface area (Å²) in [5.74, 6) is -1.09. The monoisotopic (exact) mass is 156 g/mol. The molecule has 11 heavy (non-hydrogen) atoms. The lowest BCUT2D eigenvalue weighted by molar-refractivity contribution is 0.0685. The number of carbonyl (C=O) groups is 1. The Labute approximate surface area is 62.3 Å². The van der Waals surface area contributed by atoms with E-state index in [1.165, 1.54) is 6.20 Å². The lowest BCUT2D eigenvalue weighted by Gasteiger charge is -1.96. The molecule has 0 saturated carbocycles. The molecule has 0 aliphatic carbocycles. The molecule has 0 bridgehead atoms. The zero-order valence-electron chi connectivity index (χ0n) is 6.00. The van der Waals surface area contributed by atoms with Crippen molar-refractivity contribution in [2.24, 2.45) is 0 Å². The average molecular weight is 156 g/mol. The number of nitrogens with zero attached hydrogens (tertiary/aromatic N) is 1. The van der Waals surface area contributed by atoms with Crippen molar-refractivity contribution in [2.75, 3.05) is 0 Å². The lowest BCUT2D eigenvalue weighted by atomic mass is 10.5. The summed E-state index contributed by atoms with van der Waals surface area (Å²) in [5, 5.41) is 8.53. The van der Waals surface area contributed by atoms with Crippen LogP contribution in [0.2, 0.25) is 0 Å². The Morgan fingerprint density at radius 1 is 1.82 bits per heavy atom. The zero-order valence-corrected chi connectivity index (χ0v) is 6.00. The Hall–Kier alpha value is -1.52. The van der Waals surface area contributed by atoms with Gasteiger partial charge in [0.25, 0.3) is 0 Å². The third-order valence-electron chi connectivity index (χ3n) is 1.40. The van der Waals surface area contributed by atoms with Gasteiger partial charge in [0, 0.05) is 12.7 Å². The average Bonchev–Trinajstić information content (AvgIpc) is 2.30. The standard InChI is InChI=1S/C6H8N2O3/c1-2-8-4(5(9)10)3-7-6(8)11/h3H,2H2,1H3,(H,7,11)(H,9,10). The molecule has 0 spiro atoms. The van der Waals surface area contributed by atoms with Gasteiger partial charge in [-0.15, -0.1) is 0 Å². The quantitative estimate of drug-likeness (QED) is 0.627. The van der Waals surface area contributed by atoms with E-state index in [-0.39, 0.29) is 11.4 Å². The van der Waals surface area contributed by atoms with Crippen LogP contribution in [0.3, 0.4) is 0 Å². The molecule has 1 rings (SSSR count). The Kier molecular flexibility index (Phi) is 1.80. The second kappa shape index (κ2) is 2.61. The van der Waals surface area contributed by atoms with Gasteiger partial charge in [-0.1, -0.05) is 0 Å². The van der Waals surface area contributed by atoms with Crippen molar-refractivity contribution in [3.8, 4) is 0 Å². The number of rotatable bonds is 2. The van der Waals surface area contributed by atoms with Gasteiger partial charge in [0.1, 0.15) is 5.69 Å². The van der Waals surface area contributed by atoms with Gasteiger partial charge in [-0.25, -0.2) is 9.59 Å². The molecule has 5 nitrogen and oxygen atoms in total. The van der Waals surface area contributed by atoms with Gasteiger partial charge in [0.05, 0.1) is 0 Å². The third kappa shape index (κ3) is 1.17.